The second kappa shape index (κ2) is 6.67. The van der Waals surface area contributed by atoms with Crippen molar-refractivity contribution >= 4 is 0 Å². The summed E-state index contributed by atoms with van der Waals surface area (Å²) in [7, 11) is 1.43. The fourth-order valence-corrected chi connectivity index (χ4v) is 2.23. The summed E-state index contributed by atoms with van der Waals surface area (Å²) in [4.78, 5) is 0. The number of hydrogen-bond acceptors (Lipinski definition) is 8. The summed E-state index contributed by atoms with van der Waals surface area (Å²) < 4.78 is 15.7. The van der Waals surface area contributed by atoms with Gasteiger partial charge in [0.15, 0.2) is 0 Å². The van der Waals surface area contributed by atoms with E-state index in [-0.39, 0.29) is 11.5 Å². The van der Waals surface area contributed by atoms with E-state index in [9.17, 15) is 20.4 Å². The molecule has 1 aromatic carbocycles. The summed E-state index contributed by atoms with van der Waals surface area (Å²) >= 11 is 0. The van der Waals surface area contributed by atoms with E-state index in [1.807, 2.05) is 0 Å². The zero-order chi connectivity index (χ0) is 16.4. The number of aliphatic hydroxyl groups is 4. The lowest BCUT2D eigenvalue weighted by atomic mass is 9.99. The van der Waals surface area contributed by atoms with E-state index in [2.05, 4.69) is 0 Å². The molecule has 8 heteroatoms. The van der Waals surface area contributed by atoms with Gasteiger partial charge in [0, 0.05) is 17.7 Å². The average Bonchev–Trinajstić information content (AvgIpc) is 2.51. The number of benzene rings is 1. The van der Waals surface area contributed by atoms with Gasteiger partial charge in [0.1, 0.15) is 41.7 Å². The number of ether oxygens (including phenoxy) is 3. The van der Waals surface area contributed by atoms with Gasteiger partial charge in [-0.05, 0) is 6.92 Å². The van der Waals surface area contributed by atoms with Crippen molar-refractivity contribution in [1.82, 2.24) is 0 Å². The van der Waals surface area contributed by atoms with Gasteiger partial charge in [0.25, 0.3) is 0 Å². The third-order valence-corrected chi connectivity index (χ3v) is 3.63. The zero-order valence-electron chi connectivity index (χ0n) is 12.2. The highest BCUT2D eigenvalue weighted by molar-refractivity contribution is 5.49. The van der Waals surface area contributed by atoms with Crippen LogP contribution in [0.4, 0.5) is 0 Å². The Bertz CT molecular complexity index is 518. The Balaban J connectivity index is 2.20. The van der Waals surface area contributed by atoms with Crippen LogP contribution in [-0.2, 0) is 4.74 Å². The SMILES string of the molecule is COc1cc(OC2OC(CO)C(O)C(O)C2O)cc(O)c1C. The van der Waals surface area contributed by atoms with Gasteiger partial charge in [0.2, 0.25) is 6.29 Å². The molecule has 0 spiro atoms. The minimum atomic E-state index is -1.53. The Hall–Kier alpha value is -1.58. The van der Waals surface area contributed by atoms with Crippen LogP contribution in [0.2, 0.25) is 0 Å². The molecule has 5 unspecified atom stereocenters. The summed E-state index contributed by atoms with van der Waals surface area (Å²) in [5.41, 5.74) is 0.517. The maximum Gasteiger partial charge on any atom is 0.229 e. The van der Waals surface area contributed by atoms with Crippen LogP contribution >= 0.6 is 0 Å². The number of phenolic OH excluding ortho intramolecular Hbond substituents is 1. The number of hydrogen-bond donors (Lipinski definition) is 5. The van der Waals surface area contributed by atoms with Gasteiger partial charge in [-0.25, -0.2) is 0 Å². The van der Waals surface area contributed by atoms with Crippen molar-refractivity contribution < 1.29 is 39.7 Å². The van der Waals surface area contributed by atoms with Gasteiger partial charge in [-0.1, -0.05) is 0 Å². The Labute approximate surface area is 127 Å². The normalized spacial score (nSPS) is 31.8. The molecular formula is C14H20O8. The molecule has 0 saturated carbocycles. The van der Waals surface area contributed by atoms with Crippen molar-refractivity contribution in [3.63, 3.8) is 0 Å². The Morgan fingerprint density at radius 1 is 1.14 bits per heavy atom. The molecule has 22 heavy (non-hydrogen) atoms. The molecule has 5 N–H and O–H groups in total. The van der Waals surface area contributed by atoms with E-state index in [0.717, 1.165) is 0 Å². The van der Waals surface area contributed by atoms with Crippen LogP contribution in [0.15, 0.2) is 12.1 Å². The lowest BCUT2D eigenvalue weighted by Crippen LogP contribution is -2.60. The molecule has 0 aliphatic carbocycles. The molecule has 1 heterocycles. The maximum absolute atomic E-state index is 9.90. The Kier molecular flexibility index (Phi) is 5.09. The molecule has 0 radical (unpaired) electrons. The predicted molar refractivity (Wildman–Crippen MR) is 73.8 cm³/mol. The molecule has 2 rings (SSSR count). The van der Waals surface area contributed by atoms with Crippen LogP contribution in [0.5, 0.6) is 17.2 Å². The van der Waals surface area contributed by atoms with Gasteiger partial charge in [0.05, 0.1) is 13.7 Å². The van der Waals surface area contributed by atoms with Crippen LogP contribution < -0.4 is 9.47 Å². The lowest BCUT2D eigenvalue weighted by Gasteiger charge is -2.39. The number of methoxy groups -OCH3 is 1. The van der Waals surface area contributed by atoms with Crippen molar-refractivity contribution in [2.24, 2.45) is 0 Å². The highest BCUT2D eigenvalue weighted by atomic mass is 16.7. The highest BCUT2D eigenvalue weighted by Crippen LogP contribution is 2.34. The minimum Gasteiger partial charge on any atom is -0.507 e. The number of aliphatic hydroxyl groups excluding tert-OH is 4. The number of rotatable bonds is 4. The molecule has 0 bridgehead atoms. The molecule has 1 saturated heterocycles. The molecule has 1 fully saturated rings. The van der Waals surface area contributed by atoms with Crippen molar-refractivity contribution in [3.8, 4) is 17.2 Å². The highest BCUT2D eigenvalue weighted by Gasteiger charge is 2.44. The van der Waals surface area contributed by atoms with Crippen LogP contribution in [0, 0.1) is 6.92 Å². The molecule has 124 valence electrons. The van der Waals surface area contributed by atoms with Crippen molar-refractivity contribution in [2.75, 3.05) is 13.7 Å². The summed E-state index contributed by atoms with van der Waals surface area (Å²) in [6.07, 6.45) is -6.89. The standard InChI is InChI=1S/C14H20O8/c1-6-8(16)3-7(4-9(6)20-2)21-14-13(19)12(18)11(17)10(5-15)22-14/h3-4,10-19H,5H2,1-2H3. The van der Waals surface area contributed by atoms with Gasteiger partial charge in [-0.3, -0.25) is 0 Å². The molecule has 1 aromatic rings. The molecule has 0 aromatic heterocycles. The quantitative estimate of drug-likeness (QED) is 0.473. The van der Waals surface area contributed by atoms with Gasteiger partial charge in [-0.15, -0.1) is 0 Å². The largest absolute Gasteiger partial charge is 0.507 e. The third-order valence-electron chi connectivity index (χ3n) is 3.63. The monoisotopic (exact) mass is 316 g/mol. The van der Waals surface area contributed by atoms with Crippen LogP contribution in [0.3, 0.4) is 0 Å². The summed E-state index contributed by atoms with van der Waals surface area (Å²) in [5, 5.41) is 48.2. The Morgan fingerprint density at radius 3 is 2.41 bits per heavy atom. The second-order valence-corrected chi connectivity index (χ2v) is 5.08. The molecule has 5 atom stereocenters. The molecule has 1 aliphatic rings. The topological polar surface area (TPSA) is 129 Å². The summed E-state index contributed by atoms with van der Waals surface area (Å²) in [6.45, 7) is 1.11. The van der Waals surface area contributed by atoms with Crippen molar-refractivity contribution in [3.05, 3.63) is 17.7 Å². The minimum absolute atomic E-state index is 0.0704. The lowest BCUT2D eigenvalue weighted by molar-refractivity contribution is -0.277. The van der Waals surface area contributed by atoms with Gasteiger partial charge in [-0.2, -0.15) is 0 Å². The van der Waals surface area contributed by atoms with Crippen LogP contribution in [0.1, 0.15) is 5.56 Å². The van der Waals surface area contributed by atoms with Gasteiger partial charge >= 0.3 is 0 Å². The van der Waals surface area contributed by atoms with E-state index >= 15 is 0 Å². The smallest absolute Gasteiger partial charge is 0.229 e. The fraction of sp³-hybridized carbons (Fsp3) is 0.571. The Morgan fingerprint density at radius 2 is 1.82 bits per heavy atom. The molecular weight excluding hydrogens is 296 g/mol. The first-order valence-corrected chi connectivity index (χ1v) is 6.73. The second-order valence-electron chi connectivity index (χ2n) is 5.08. The molecule has 1 aliphatic heterocycles. The van der Waals surface area contributed by atoms with Crippen LogP contribution in [-0.4, -0.2) is 70.0 Å². The van der Waals surface area contributed by atoms with Crippen molar-refractivity contribution in [2.45, 2.75) is 37.6 Å². The maximum atomic E-state index is 9.90. The van der Waals surface area contributed by atoms with Crippen LogP contribution in [0.25, 0.3) is 0 Å². The van der Waals surface area contributed by atoms with E-state index in [1.54, 1.807) is 6.92 Å². The van der Waals surface area contributed by atoms with E-state index < -0.39 is 37.3 Å². The van der Waals surface area contributed by atoms with Gasteiger partial charge < -0.3 is 39.7 Å². The first kappa shape index (κ1) is 16.8. The fourth-order valence-electron chi connectivity index (χ4n) is 2.23. The summed E-state index contributed by atoms with van der Waals surface area (Å²) in [6, 6.07) is 2.79. The van der Waals surface area contributed by atoms with E-state index in [4.69, 9.17) is 19.3 Å². The van der Waals surface area contributed by atoms with Crippen molar-refractivity contribution in [1.29, 1.82) is 0 Å². The number of aromatic hydroxyl groups is 1. The number of phenols is 1. The van der Waals surface area contributed by atoms with E-state index in [1.165, 1.54) is 19.2 Å². The third kappa shape index (κ3) is 3.11. The first-order chi connectivity index (χ1) is 10.4. The zero-order valence-corrected chi connectivity index (χ0v) is 12.2. The first-order valence-electron chi connectivity index (χ1n) is 6.73. The molecule has 8 nitrogen and oxygen atoms in total. The van der Waals surface area contributed by atoms with E-state index in [0.29, 0.717) is 11.3 Å². The predicted octanol–water partition coefficient (Wildman–Crippen LogP) is -1.11. The molecule has 0 amide bonds. The average molecular weight is 316 g/mol. The summed E-state index contributed by atoms with van der Waals surface area (Å²) in [5.74, 6) is 0.447.